The largest absolute Gasteiger partial charge is 0.299 e. The quantitative estimate of drug-likeness (QED) is 0.749. The lowest BCUT2D eigenvalue weighted by atomic mass is 9.80. The monoisotopic (exact) mass is 210 g/mol. The minimum Gasteiger partial charge on any atom is -0.299 e. The fourth-order valence-corrected chi connectivity index (χ4v) is 1.73. The second-order valence-electron chi connectivity index (χ2n) is 4.02. The third kappa shape index (κ3) is 2.22. The third-order valence-electron chi connectivity index (χ3n) is 2.92. The lowest BCUT2D eigenvalue weighted by molar-refractivity contribution is -0.124. The van der Waals surface area contributed by atoms with Crippen LogP contribution in [0, 0.1) is 17.6 Å². The van der Waals surface area contributed by atoms with Gasteiger partial charge in [-0.05, 0) is 30.5 Å². The highest BCUT2D eigenvalue weighted by atomic mass is 19.2. The predicted molar refractivity (Wildman–Crippen MR) is 52.4 cm³/mol. The summed E-state index contributed by atoms with van der Waals surface area (Å²) in [6.45, 7) is 0. The first-order valence-corrected chi connectivity index (χ1v) is 5.13. The zero-order chi connectivity index (χ0) is 10.8. The molecule has 0 N–H and O–H groups in total. The molecule has 0 aromatic heterocycles. The average Bonchev–Trinajstić information content (AvgIpc) is 2.08. The first kappa shape index (κ1) is 10.3. The molecule has 1 nitrogen and oxygen atoms in total. The van der Waals surface area contributed by atoms with E-state index < -0.39 is 11.6 Å². The molecule has 80 valence electrons. The molecule has 1 aliphatic rings. The average molecular weight is 210 g/mol. The van der Waals surface area contributed by atoms with Crippen LogP contribution in [-0.2, 0) is 11.2 Å². The maximum atomic E-state index is 12.8. The molecular formula is C12H12F2O. The molecule has 0 spiro atoms. The highest BCUT2D eigenvalue weighted by Crippen LogP contribution is 2.28. The Morgan fingerprint density at radius 2 is 2.00 bits per heavy atom. The number of halogens is 2. The number of ketones is 1. The molecule has 1 aromatic rings. The van der Waals surface area contributed by atoms with Gasteiger partial charge >= 0.3 is 0 Å². The number of rotatable bonds is 3. The minimum atomic E-state index is -0.881. The molecule has 1 saturated carbocycles. The number of Topliss-reactive ketones (excluding diaryl/α,β-unsaturated/α-hetero) is 1. The van der Waals surface area contributed by atoms with E-state index in [4.69, 9.17) is 0 Å². The van der Waals surface area contributed by atoms with Gasteiger partial charge in [0.05, 0.1) is 0 Å². The van der Waals surface area contributed by atoms with Crippen LogP contribution >= 0.6 is 0 Å². The smallest absolute Gasteiger partial charge is 0.159 e. The molecule has 0 atom stereocenters. The molecule has 0 aliphatic heterocycles. The molecule has 1 fully saturated rings. The zero-order valence-corrected chi connectivity index (χ0v) is 8.30. The van der Waals surface area contributed by atoms with E-state index in [9.17, 15) is 13.6 Å². The Morgan fingerprint density at radius 1 is 1.27 bits per heavy atom. The van der Waals surface area contributed by atoms with Gasteiger partial charge in [0.2, 0.25) is 0 Å². The standard InChI is InChI=1S/C12H12F2O/c13-10-5-4-8(6-11(10)14)7-12(15)9-2-1-3-9/h4-6,9H,1-3,7H2. The van der Waals surface area contributed by atoms with Crippen LogP contribution < -0.4 is 0 Å². The summed E-state index contributed by atoms with van der Waals surface area (Å²) in [4.78, 5) is 11.6. The van der Waals surface area contributed by atoms with Crippen molar-refractivity contribution in [1.82, 2.24) is 0 Å². The Bertz CT molecular complexity index is 383. The van der Waals surface area contributed by atoms with Crippen molar-refractivity contribution >= 4 is 5.78 Å². The van der Waals surface area contributed by atoms with Crippen LogP contribution in [-0.4, -0.2) is 5.78 Å². The summed E-state index contributed by atoms with van der Waals surface area (Å²) in [7, 11) is 0. The molecule has 0 saturated heterocycles. The molecule has 0 amide bonds. The third-order valence-corrected chi connectivity index (χ3v) is 2.92. The number of carbonyl (C=O) groups excluding carboxylic acids is 1. The van der Waals surface area contributed by atoms with E-state index in [0.29, 0.717) is 5.56 Å². The van der Waals surface area contributed by atoms with Crippen molar-refractivity contribution in [1.29, 1.82) is 0 Å². The highest BCUT2D eigenvalue weighted by Gasteiger charge is 2.24. The normalized spacial score (nSPS) is 16.1. The van der Waals surface area contributed by atoms with Crippen molar-refractivity contribution in [2.24, 2.45) is 5.92 Å². The molecular weight excluding hydrogens is 198 g/mol. The van der Waals surface area contributed by atoms with Gasteiger partial charge in [0.25, 0.3) is 0 Å². The first-order valence-electron chi connectivity index (χ1n) is 5.13. The Morgan fingerprint density at radius 3 is 2.53 bits per heavy atom. The fourth-order valence-electron chi connectivity index (χ4n) is 1.73. The predicted octanol–water partition coefficient (Wildman–Crippen LogP) is 2.88. The summed E-state index contributed by atoms with van der Waals surface area (Å²) in [5.41, 5.74) is 0.561. The second-order valence-corrected chi connectivity index (χ2v) is 4.02. The molecule has 0 heterocycles. The van der Waals surface area contributed by atoms with Crippen molar-refractivity contribution in [3.63, 3.8) is 0 Å². The topological polar surface area (TPSA) is 17.1 Å². The fraction of sp³-hybridized carbons (Fsp3) is 0.417. The summed E-state index contributed by atoms with van der Waals surface area (Å²) >= 11 is 0. The van der Waals surface area contributed by atoms with Crippen LogP contribution in [0.1, 0.15) is 24.8 Å². The van der Waals surface area contributed by atoms with Crippen molar-refractivity contribution in [3.8, 4) is 0 Å². The summed E-state index contributed by atoms with van der Waals surface area (Å²) in [6.07, 6.45) is 3.22. The summed E-state index contributed by atoms with van der Waals surface area (Å²) in [5, 5.41) is 0. The number of hydrogen-bond donors (Lipinski definition) is 0. The van der Waals surface area contributed by atoms with E-state index >= 15 is 0 Å². The maximum absolute atomic E-state index is 12.8. The van der Waals surface area contributed by atoms with Gasteiger partial charge in [-0.15, -0.1) is 0 Å². The van der Waals surface area contributed by atoms with E-state index in [2.05, 4.69) is 0 Å². The van der Waals surface area contributed by atoms with Crippen LogP contribution in [0.3, 0.4) is 0 Å². The van der Waals surface area contributed by atoms with Crippen molar-refractivity contribution in [3.05, 3.63) is 35.4 Å². The number of carbonyl (C=O) groups is 1. The summed E-state index contributed by atoms with van der Waals surface area (Å²) in [6, 6.07) is 3.64. The highest BCUT2D eigenvalue weighted by molar-refractivity contribution is 5.83. The van der Waals surface area contributed by atoms with E-state index in [1.54, 1.807) is 0 Å². The van der Waals surface area contributed by atoms with Gasteiger partial charge in [0.15, 0.2) is 11.6 Å². The van der Waals surface area contributed by atoms with E-state index in [0.717, 1.165) is 31.4 Å². The lowest BCUT2D eigenvalue weighted by Crippen LogP contribution is -2.23. The van der Waals surface area contributed by atoms with E-state index in [1.807, 2.05) is 0 Å². The molecule has 15 heavy (non-hydrogen) atoms. The van der Waals surface area contributed by atoms with Crippen molar-refractivity contribution < 1.29 is 13.6 Å². The summed E-state index contributed by atoms with van der Waals surface area (Å²) < 4.78 is 25.5. The molecule has 0 bridgehead atoms. The van der Waals surface area contributed by atoms with Gasteiger partial charge in [-0.25, -0.2) is 8.78 Å². The molecule has 2 rings (SSSR count). The van der Waals surface area contributed by atoms with Crippen LogP contribution in [0.25, 0.3) is 0 Å². The maximum Gasteiger partial charge on any atom is 0.159 e. The van der Waals surface area contributed by atoms with Crippen LogP contribution in [0.2, 0.25) is 0 Å². The van der Waals surface area contributed by atoms with Crippen molar-refractivity contribution in [2.45, 2.75) is 25.7 Å². The van der Waals surface area contributed by atoms with E-state index in [1.165, 1.54) is 6.07 Å². The molecule has 1 aromatic carbocycles. The zero-order valence-electron chi connectivity index (χ0n) is 8.30. The summed E-state index contributed by atoms with van der Waals surface area (Å²) in [5.74, 6) is -1.45. The lowest BCUT2D eigenvalue weighted by Gasteiger charge is -2.23. The molecule has 0 unspecified atom stereocenters. The first-order chi connectivity index (χ1) is 7.16. The number of hydrogen-bond acceptors (Lipinski definition) is 1. The van der Waals surface area contributed by atoms with Crippen LogP contribution in [0.5, 0.6) is 0 Å². The van der Waals surface area contributed by atoms with Gasteiger partial charge in [0.1, 0.15) is 5.78 Å². The Hall–Kier alpha value is -1.25. The van der Waals surface area contributed by atoms with E-state index in [-0.39, 0.29) is 18.1 Å². The van der Waals surface area contributed by atoms with Gasteiger partial charge < -0.3 is 0 Å². The molecule has 1 aliphatic carbocycles. The van der Waals surface area contributed by atoms with Gasteiger partial charge in [-0.2, -0.15) is 0 Å². The second kappa shape index (κ2) is 4.09. The Kier molecular flexibility index (Phi) is 2.80. The number of benzene rings is 1. The Labute approximate surface area is 87.1 Å². The SMILES string of the molecule is O=C(Cc1ccc(F)c(F)c1)C1CCC1. The van der Waals surface area contributed by atoms with Crippen LogP contribution in [0.4, 0.5) is 8.78 Å². The molecule has 3 heteroatoms. The van der Waals surface area contributed by atoms with Crippen LogP contribution in [0.15, 0.2) is 18.2 Å². The molecule has 0 radical (unpaired) electrons. The van der Waals surface area contributed by atoms with Gasteiger partial charge in [0, 0.05) is 12.3 Å². The van der Waals surface area contributed by atoms with Gasteiger partial charge in [-0.1, -0.05) is 12.5 Å². The van der Waals surface area contributed by atoms with Crippen molar-refractivity contribution in [2.75, 3.05) is 0 Å². The minimum absolute atomic E-state index is 0.146. The van der Waals surface area contributed by atoms with Gasteiger partial charge in [-0.3, -0.25) is 4.79 Å². The Balaban J connectivity index is 2.03.